The normalized spacial score (nSPS) is 16.9. The van der Waals surface area contributed by atoms with Crippen molar-refractivity contribution in [1.29, 1.82) is 0 Å². The van der Waals surface area contributed by atoms with Gasteiger partial charge in [0, 0.05) is 6.54 Å². The molecule has 0 atom stereocenters. The predicted molar refractivity (Wildman–Crippen MR) is 50.1 cm³/mol. The molecule has 0 aromatic rings. The zero-order valence-electron chi connectivity index (χ0n) is 8.18. The summed E-state index contributed by atoms with van der Waals surface area (Å²) in [5, 5.41) is 0. The summed E-state index contributed by atoms with van der Waals surface area (Å²) in [6.45, 7) is 6.73. The van der Waals surface area contributed by atoms with Gasteiger partial charge in [-0.3, -0.25) is 9.69 Å². The summed E-state index contributed by atoms with van der Waals surface area (Å²) in [7, 11) is 0. The van der Waals surface area contributed by atoms with Crippen molar-refractivity contribution in [3.8, 4) is 0 Å². The molecule has 0 spiro atoms. The highest BCUT2D eigenvalue weighted by Crippen LogP contribution is 2.29. The minimum absolute atomic E-state index is 0.295. The van der Waals surface area contributed by atoms with Gasteiger partial charge in [0.1, 0.15) is 5.78 Å². The minimum atomic E-state index is 0.295. The summed E-state index contributed by atoms with van der Waals surface area (Å²) >= 11 is 0. The van der Waals surface area contributed by atoms with Gasteiger partial charge in [0.15, 0.2) is 0 Å². The minimum Gasteiger partial charge on any atom is -0.299 e. The Kier molecular flexibility index (Phi) is 3.73. The average Bonchev–Trinajstić information content (AvgIpc) is 2.70. The Hall–Kier alpha value is -0.370. The van der Waals surface area contributed by atoms with Gasteiger partial charge in [0.05, 0.1) is 6.54 Å². The third-order valence-electron chi connectivity index (χ3n) is 2.20. The van der Waals surface area contributed by atoms with Crippen LogP contribution < -0.4 is 0 Å². The first kappa shape index (κ1) is 9.72. The first-order chi connectivity index (χ1) is 5.72. The van der Waals surface area contributed by atoms with Gasteiger partial charge in [0.25, 0.3) is 0 Å². The highest BCUT2D eigenvalue weighted by atomic mass is 16.1. The lowest BCUT2D eigenvalue weighted by Gasteiger charge is -2.19. The molecule has 0 aliphatic heterocycles. The van der Waals surface area contributed by atoms with Crippen LogP contribution in [0, 0.1) is 5.92 Å². The van der Waals surface area contributed by atoms with Crippen LogP contribution in [0.3, 0.4) is 0 Å². The van der Waals surface area contributed by atoms with E-state index in [1.54, 1.807) is 6.92 Å². The van der Waals surface area contributed by atoms with Crippen LogP contribution in [0.1, 0.15) is 33.1 Å². The van der Waals surface area contributed by atoms with Gasteiger partial charge in [-0.25, -0.2) is 0 Å². The standard InChI is InChI=1S/C10H19NO/c1-3-6-11(7-9(2)12)8-10-4-5-10/h10H,3-8H2,1-2H3. The molecule has 1 saturated carbocycles. The van der Waals surface area contributed by atoms with Gasteiger partial charge in [-0.05, 0) is 38.6 Å². The number of carbonyl (C=O) groups excluding carboxylic acids is 1. The van der Waals surface area contributed by atoms with E-state index >= 15 is 0 Å². The molecule has 0 aromatic carbocycles. The van der Waals surface area contributed by atoms with Crippen molar-refractivity contribution >= 4 is 5.78 Å². The Morgan fingerprint density at radius 2 is 2.17 bits per heavy atom. The van der Waals surface area contributed by atoms with Crippen molar-refractivity contribution < 1.29 is 4.79 Å². The van der Waals surface area contributed by atoms with E-state index in [4.69, 9.17) is 0 Å². The van der Waals surface area contributed by atoms with Crippen LogP contribution in [0.15, 0.2) is 0 Å². The third-order valence-corrected chi connectivity index (χ3v) is 2.20. The van der Waals surface area contributed by atoms with Crippen molar-refractivity contribution in [1.82, 2.24) is 4.90 Å². The number of hydrogen-bond acceptors (Lipinski definition) is 2. The van der Waals surface area contributed by atoms with Crippen molar-refractivity contribution in [3.63, 3.8) is 0 Å². The Morgan fingerprint density at radius 1 is 1.50 bits per heavy atom. The first-order valence-corrected chi connectivity index (χ1v) is 4.94. The fourth-order valence-electron chi connectivity index (χ4n) is 1.53. The fraction of sp³-hybridized carbons (Fsp3) is 0.900. The number of rotatable bonds is 6. The monoisotopic (exact) mass is 169 g/mol. The molecule has 12 heavy (non-hydrogen) atoms. The molecule has 1 aliphatic carbocycles. The van der Waals surface area contributed by atoms with E-state index in [9.17, 15) is 4.79 Å². The van der Waals surface area contributed by atoms with Crippen LogP contribution in [0.2, 0.25) is 0 Å². The van der Waals surface area contributed by atoms with E-state index < -0.39 is 0 Å². The van der Waals surface area contributed by atoms with E-state index in [1.807, 2.05) is 0 Å². The Balaban J connectivity index is 2.20. The van der Waals surface area contributed by atoms with Gasteiger partial charge < -0.3 is 0 Å². The lowest BCUT2D eigenvalue weighted by molar-refractivity contribution is -0.118. The van der Waals surface area contributed by atoms with Gasteiger partial charge in [-0.1, -0.05) is 6.92 Å². The maximum atomic E-state index is 10.9. The van der Waals surface area contributed by atoms with E-state index in [0.29, 0.717) is 12.3 Å². The molecule has 0 heterocycles. The third kappa shape index (κ3) is 3.86. The Morgan fingerprint density at radius 3 is 2.58 bits per heavy atom. The molecule has 0 N–H and O–H groups in total. The van der Waals surface area contributed by atoms with Gasteiger partial charge >= 0.3 is 0 Å². The Labute approximate surface area is 74.9 Å². The van der Waals surface area contributed by atoms with Crippen LogP contribution in [-0.4, -0.2) is 30.3 Å². The van der Waals surface area contributed by atoms with Gasteiger partial charge in [-0.2, -0.15) is 0 Å². The van der Waals surface area contributed by atoms with Crippen molar-refractivity contribution in [3.05, 3.63) is 0 Å². The van der Waals surface area contributed by atoms with E-state index in [2.05, 4.69) is 11.8 Å². The summed E-state index contributed by atoms with van der Waals surface area (Å²) in [4.78, 5) is 13.2. The highest BCUT2D eigenvalue weighted by molar-refractivity contribution is 5.77. The van der Waals surface area contributed by atoms with Crippen LogP contribution in [0.4, 0.5) is 0 Å². The van der Waals surface area contributed by atoms with Crippen LogP contribution in [0.25, 0.3) is 0 Å². The quantitative estimate of drug-likeness (QED) is 0.603. The molecule has 1 aliphatic rings. The lowest BCUT2D eigenvalue weighted by Crippen LogP contribution is -2.31. The molecule has 0 amide bonds. The molecule has 0 unspecified atom stereocenters. The fourth-order valence-corrected chi connectivity index (χ4v) is 1.53. The number of ketones is 1. The van der Waals surface area contributed by atoms with E-state index in [1.165, 1.54) is 12.8 Å². The summed E-state index contributed by atoms with van der Waals surface area (Å²) < 4.78 is 0. The molecule has 2 nitrogen and oxygen atoms in total. The summed E-state index contributed by atoms with van der Waals surface area (Å²) in [5.41, 5.74) is 0. The molecule has 1 rings (SSSR count). The van der Waals surface area contributed by atoms with Crippen LogP contribution in [0.5, 0.6) is 0 Å². The molecule has 1 fully saturated rings. The molecule has 0 aromatic heterocycles. The van der Waals surface area contributed by atoms with Crippen molar-refractivity contribution in [2.75, 3.05) is 19.6 Å². The summed E-state index contributed by atoms with van der Waals surface area (Å²) in [6.07, 6.45) is 3.90. The molecule has 2 heteroatoms. The van der Waals surface area contributed by atoms with Crippen molar-refractivity contribution in [2.45, 2.75) is 33.1 Å². The van der Waals surface area contributed by atoms with Crippen LogP contribution >= 0.6 is 0 Å². The second-order valence-electron chi connectivity index (χ2n) is 3.88. The molecular weight excluding hydrogens is 150 g/mol. The number of hydrogen-bond donors (Lipinski definition) is 0. The number of carbonyl (C=O) groups is 1. The van der Waals surface area contributed by atoms with Crippen LogP contribution in [-0.2, 0) is 4.79 Å². The van der Waals surface area contributed by atoms with E-state index in [0.717, 1.165) is 25.4 Å². The smallest absolute Gasteiger partial charge is 0.143 e. The Bertz CT molecular complexity index is 152. The maximum absolute atomic E-state index is 10.9. The molecule has 70 valence electrons. The summed E-state index contributed by atoms with van der Waals surface area (Å²) in [5.74, 6) is 1.19. The zero-order chi connectivity index (χ0) is 8.97. The maximum Gasteiger partial charge on any atom is 0.143 e. The SMILES string of the molecule is CCCN(CC(C)=O)CC1CC1. The van der Waals surface area contributed by atoms with Gasteiger partial charge in [-0.15, -0.1) is 0 Å². The predicted octanol–water partition coefficient (Wildman–Crippen LogP) is 1.70. The molecule has 0 saturated heterocycles. The highest BCUT2D eigenvalue weighted by Gasteiger charge is 2.24. The topological polar surface area (TPSA) is 20.3 Å². The summed E-state index contributed by atoms with van der Waals surface area (Å²) in [6, 6.07) is 0. The molecule has 0 bridgehead atoms. The zero-order valence-corrected chi connectivity index (χ0v) is 8.18. The average molecular weight is 169 g/mol. The molecular formula is C10H19NO. The molecule has 0 radical (unpaired) electrons. The lowest BCUT2D eigenvalue weighted by atomic mass is 10.3. The first-order valence-electron chi connectivity index (χ1n) is 4.94. The number of Topliss-reactive ketones (excluding diaryl/α,β-unsaturated/α-hetero) is 1. The largest absolute Gasteiger partial charge is 0.299 e. The van der Waals surface area contributed by atoms with E-state index in [-0.39, 0.29) is 0 Å². The second kappa shape index (κ2) is 4.61. The second-order valence-corrected chi connectivity index (χ2v) is 3.88. The van der Waals surface area contributed by atoms with Crippen molar-refractivity contribution in [2.24, 2.45) is 5.92 Å². The number of nitrogens with zero attached hydrogens (tertiary/aromatic N) is 1. The van der Waals surface area contributed by atoms with Gasteiger partial charge in [0.2, 0.25) is 0 Å².